The van der Waals surface area contributed by atoms with Gasteiger partial charge in [-0.3, -0.25) is 0 Å². The van der Waals surface area contributed by atoms with Crippen LogP contribution in [-0.4, -0.2) is 12.0 Å². The highest BCUT2D eigenvalue weighted by Crippen LogP contribution is 2.38. The minimum absolute atomic E-state index is 0.0786. The van der Waals surface area contributed by atoms with E-state index >= 15 is 0 Å². The molecule has 2 aromatic rings. The largest absolute Gasteiger partial charge is 0.461 e. The van der Waals surface area contributed by atoms with Crippen molar-refractivity contribution < 1.29 is 9.15 Å². The van der Waals surface area contributed by atoms with E-state index in [1.165, 1.54) is 5.56 Å². The molecule has 2 atom stereocenters. The maximum atomic E-state index is 6.22. The fourth-order valence-corrected chi connectivity index (χ4v) is 2.80. The maximum absolute atomic E-state index is 6.22. The molecule has 2 nitrogen and oxygen atoms in total. The van der Waals surface area contributed by atoms with Crippen LogP contribution in [0.5, 0.6) is 0 Å². The molecular formula is C14H15ClO2. The first kappa shape index (κ1) is 11.1. The molecule has 17 heavy (non-hydrogen) atoms. The summed E-state index contributed by atoms with van der Waals surface area (Å²) in [7, 11) is 0. The maximum Gasteiger partial charge on any atom is 0.134 e. The number of alkyl halides is 1. The molecule has 2 unspecified atom stereocenters. The summed E-state index contributed by atoms with van der Waals surface area (Å²) < 4.78 is 11.6. The second kappa shape index (κ2) is 4.35. The Bertz CT molecular complexity index is 532. The molecule has 1 aliphatic heterocycles. The van der Waals surface area contributed by atoms with Gasteiger partial charge in [-0.1, -0.05) is 18.2 Å². The molecular weight excluding hydrogens is 236 g/mol. The van der Waals surface area contributed by atoms with Gasteiger partial charge >= 0.3 is 0 Å². The number of hydrogen-bond donors (Lipinski definition) is 0. The Morgan fingerprint density at radius 1 is 1.29 bits per heavy atom. The van der Waals surface area contributed by atoms with E-state index in [-0.39, 0.29) is 11.5 Å². The molecule has 0 bridgehead atoms. The topological polar surface area (TPSA) is 22.4 Å². The molecule has 90 valence electrons. The standard InChI is InChI=1S/C14H15ClO2/c1-9-14(13-8-10(15)6-7-16-13)11-4-2-3-5-12(11)17-9/h2-5,10,13H,6-8H2,1H3. The predicted molar refractivity (Wildman–Crippen MR) is 68.5 cm³/mol. The Hall–Kier alpha value is -0.990. The normalized spacial score (nSPS) is 25.3. The average Bonchev–Trinajstić information content (AvgIpc) is 2.64. The monoisotopic (exact) mass is 250 g/mol. The quantitative estimate of drug-likeness (QED) is 0.708. The predicted octanol–water partition coefficient (Wildman–Crippen LogP) is 4.20. The lowest BCUT2D eigenvalue weighted by Gasteiger charge is -2.26. The molecule has 1 fully saturated rings. The first-order chi connectivity index (χ1) is 8.25. The van der Waals surface area contributed by atoms with Crippen LogP contribution in [0.3, 0.4) is 0 Å². The Kier molecular flexibility index (Phi) is 2.85. The fraction of sp³-hybridized carbons (Fsp3) is 0.429. The fourth-order valence-electron chi connectivity index (χ4n) is 2.55. The summed E-state index contributed by atoms with van der Waals surface area (Å²) in [6, 6.07) is 8.10. The van der Waals surface area contributed by atoms with E-state index in [4.69, 9.17) is 20.8 Å². The molecule has 3 rings (SSSR count). The van der Waals surface area contributed by atoms with Gasteiger partial charge in [-0.25, -0.2) is 0 Å². The van der Waals surface area contributed by atoms with Crippen molar-refractivity contribution in [3.63, 3.8) is 0 Å². The Balaban J connectivity index is 2.06. The Labute approximate surface area is 106 Å². The summed E-state index contributed by atoms with van der Waals surface area (Å²) >= 11 is 6.22. The van der Waals surface area contributed by atoms with Crippen molar-refractivity contribution >= 4 is 22.6 Å². The van der Waals surface area contributed by atoms with Crippen LogP contribution in [-0.2, 0) is 4.74 Å². The summed E-state index contributed by atoms with van der Waals surface area (Å²) in [5, 5.41) is 1.36. The van der Waals surface area contributed by atoms with E-state index in [1.54, 1.807) is 0 Å². The van der Waals surface area contributed by atoms with Gasteiger partial charge in [0, 0.05) is 22.9 Å². The van der Waals surface area contributed by atoms with Gasteiger partial charge < -0.3 is 9.15 Å². The number of fused-ring (bicyclic) bond motifs is 1. The van der Waals surface area contributed by atoms with Gasteiger partial charge in [0.2, 0.25) is 0 Å². The highest BCUT2D eigenvalue weighted by Gasteiger charge is 2.27. The summed E-state index contributed by atoms with van der Waals surface area (Å²) in [4.78, 5) is 0. The van der Waals surface area contributed by atoms with Crippen LogP contribution in [0.1, 0.15) is 30.3 Å². The lowest BCUT2D eigenvalue weighted by atomic mass is 9.98. The number of aryl methyl sites for hydroxylation is 1. The molecule has 1 aromatic heterocycles. The Morgan fingerprint density at radius 2 is 2.12 bits per heavy atom. The summed E-state index contributed by atoms with van der Waals surface area (Å²) in [5.41, 5.74) is 2.10. The number of benzene rings is 1. The third kappa shape index (κ3) is 1.96. The molecule has 1 aromatic carbocycles. The van der Waals surface area contributed by atoms with Crippen LogP contribution in [0.25, 0.3) is 11.0 Å². The third-order valence-electron chi connectivity index (χ3n) is 3.36. The average molecular weight is 251 g/mol. The number of para-hydroxylation sites is 1. The SMILES string of the molecule is Cc1oc2ccccc2c1C1CC(Cl)CCO1. The highest BCUT2D eigenvalue weighted by atomic mass is 35.5. The zero-order chi connectivity index (χ0) is 11.8. The van der Waals surface area contributed by atoms with Gasteiger partial charge in [-0.15, -0.1) is 11.6 Å². The molecule has 0 spiro atoms. The van der Waals surface area contributed by atoms with Crippen LogP contribution in [0.15, 0.2) is 28.7 Å². The minimum Gasteiger partial charge on any atom is -0.461 e. The number of halogens is 1. The summed E-state index contributed by atoms with van der Waals surface area (Å²) in [6.07, 6.45) is 1.88. The van der Waals surface area contributed by atoms with Crippen LogP contribution < -0.4 is 0 Å². The molecule has 1 aliphatic rings. The van der Waals surface area contributed by atoms with E-state index in [0.717, 1.165) is 36.2 Å². The first-order valence-electron chi connectivity index (χ1n) is 5.99. The van der Waals surface area contributed by atoms with Gasteiger partial charge in [0.15, 0.2) is 0 Å². The van der Waals surface area contributed by atoms with Crippen LogP contribution >= 0.6 is 11.6 Å². The van der Waals surface area contributed by atoms with Crippen LogP contribution in [0.2, 0.25) is 0 Å². The number of rotatable bonds is 1. The van der Waals surface area contributed by atoms with Gasteiger partial charge in [-0.05, 0) is 25.8 Å². The molecule has 0 amide bonds. The molecule has 0 saturated carbocycles. The molecule has 2 heterocycles. The zero-order valence-electron chi connectivity index (χ0n) is 9.78. The van der Waals surface area contributed by atoms with Crippen LogP contribution in [0.4, 0.5) is 0 Å². The lowest BCUT2D eigenvalue weighted by Crippen LogP contribution is -2.20. The number of hydrogen-bond acceptors (Lipinski definition) is 2. The van der Waals surface area contributed by atoms with E-state index < -0.39 is 0 Å². The number of ether oxygens (including phenoxy) is 1. The van der Waals surface area contributed by atoms with Crippen molar-refractivity contribution in [1.29, 1.82) is 0 Å². The van der Waals surface area contributed by atoms with Crippen molar-refractivity contribution in [2.45, 2.75) is 31.2 Å². The van der Waals surface area contributed by atoms with Gasteiger partial charge in [0.05, 0.1) is 6.10 Å². The van der Waals surface area contributed by atoms with Gasteiger partial charge in [-0.2, -0.15) is 0 Å². The molecule has 0 N–H and O–H groups in total. The van der Waals surface area contributed by atoms with E-state index in [9.17, 15) is 0 Å². The van der Waals surface area contributed by atoms with Gasteiger partial charge in [0.25, 0.3) is 0 Å². The molecule has 1 saturated heterocycles. The van der Waals surface area contributed by atoms with E-state index in [2.05, 4.69) is 6.07 Å². The summed E-state index contributed by atoms with van der Waals surface area (Å²) in [6.45, 7) is 2.73. The van der Waals surface area contributed by atoms with E-state index in [1.807, 2.05) is 25.1 Å². The molecule has 0 radical (unpaired) electrons. The van der Waals surface area contributed by atoms with Crippen molar-refractivity contribution in [1.82, 2.24) is 0 Å². The molecule has 3 heteroatoms. The summed E-state index contributed by atoms with van der Waals surface area (Å²) in [5.74, 6) is 0.946. The van der Waals surface area contributed by atoms with Crippen molar-refractivity contribution in [3.8, 4) is 0 Å². The second-order valence-electron chi connectivity index (χ2n) is 4.55. The van der Waals surface area contributed by atoms with E-state index in [0.29, 0.717) is 0 Å². The van der Waals surface area contributed by atoms with Crippen molar-refractivity contribution in [2.75, 3.05) is 6.61 Å². The Morgan fingerprint density at radius 3 is 2.94 bits per heavy atom. The third-order valence-corrected chi connectivity index (χ3v) is 3.76. The number of furan rings is 1. The van der Waals surface area contributed by atoms with Crippen molar-refractivity contribution in [3.05, 3.63) is 35.6 Å². The first-order valence-corrected chi connectivity index (χ1v) is 6.43. The molecule has 0 aliphatic carbocycles. The highest BCUT2D eigenvalue weighted by molar-refractivity contribution is 6.20. The second-order valence-corrected chi connectivity index (χ2v) is 5.17. The zero-order valence-corrected chi connectivity index (χ0v) is 10.5. The minimum atomic E-state index is 0.0786. The van der Waals surface area contributed by atoms with Crippen LogP contribution in [0, 0.1) is 6.92 Å². The lowest BCUT2D eigenvalue weighted by molar-refractivity contribution is 0.0168. The van der Waals surface area contributed by atoms with Gasteiger partial charge in [0.1, 0.15) is 11.3 Å². The smallest absolute Gasteiger partial charge is 0.134 e. The van der Waals surface area contributed by atoms with Crippen molar-refractivity contribution in [2.24, 2.45) is 0 Å².